The fraction of sp³-hybridized carbons (Fsp3) is 0.235. The van der Waals surface area contributed by atoms with Crippen LogP contribution >= 0.6 is 24.0 Å². The Hall–Kier alpha value is -2.56. The lowest BCUT2D eigenvalue weighted by Gasteiger charge is -2.12. The van der Waals surface area contributed by atoms with Gasteiger partial charge in [0.05, 0.1) is 19.9 Å². The third kappa shape index (κ3) is 4.54. The smallest absolute Gasteiger partial charge is 0.193 e. The molecular formula is C17H21IN6O2. The first-order chi connectivity index (χ1) is 12.2. The Morgan fingerprint density at radius 3 is 2.81 bits per heavy atom. The van der Waals surface area contributed by atoms with Gasteiger partial charge in [0.25, 0.3) is 0 Å². The van der Waals surface area contributed by atoms with Crippen LogP contribution < -0.4 is 20.5 Å². The maximum absolute atomic E-state index is 5.97. The Kier molecular flexibility index (Phi) is 7.01. The molecule has 0 fully saturated rings. The first kappa shape index (κ1) is 19.8. The van der Waals surface area contributed by atoms with E-state index in [-0.39, 0.29) is 24.0 Å². The van der Waals surface area contributed by atoms with Crippen LogP contribution in [0.4, 0.5) is 5.69 Å². The van der Waals surface area contributed by atoms with Crippen molar-refractivity contribution in [3.8, 4) is 11.5 Å². The lowest BCUT2D eigenvalue weighted by molar-refractivity contribution is 0.405. The van der Waals surface area contributed by atoms with Gasteiger partial charge in [-0.3, -0.25) is 9.39 Å². The third-order valence-corrected chi connectivity index (χ3v) is 3.67. The van der Waals surface area contributed by atoms with E-state index in [4.69, 9.17) is 15.2 Å². The number of aliphatic imine (C=N–C) groups is 1. The summed E-state index contributed by atoms with van der Waals surface area (Å²) >= 11 is 0. The molecule has 0 radical (unpaired) electrons. The van der Waals surface area contributed by atoms with Crippen LogP contribution in [0.1, 0.15) is 5.82 Å². The SMILES string of the molecule is COc1ccc(OC)c(NC(N)=NCCc2nnc3ccccn23)c1.I. The summed E-state index contributed by atoms with van der Waals surface area (Å²) in [5, 5.41) is 11.3. The number of hydrogen-bond acceptors (Lipinski definition) is 5. The largest absolute Gasteiger partial charge is 0.497 e. The number of halogens is 1. The van der Waals surface area contributed by atoms with Gasteiger partial charge in [-0.25, -0.2) is 0 Å². The topological polar surface area (TPSA) is 99.1 Å². The van der Waals surface area contributed by atoms with Gasteiger partial charge in [0.15, 0.2) is 11.6 Å². The zero-order valence-corrected chi connectivity index (χ0v) is 16.9. The Labute approximate surface area is 168 Å². The highest BCUT2D eigenvalue weighted by Crippen LogP contribution is 2.28. The summed E-state index contributed by atoms with van der Waals surface area (Å²) in [6, 6.07) is 11.2. The summed E-state index contributed by atoms with van der Waals surface area (Å²) in [4.78, 5) is 4.34. The van der Waals surface area contributed by atoms with Gasteiger partial charge in [0, 0.05) is 25.2 Å². The van der Waals surface area contributed by atoms with Crippen LogP contribution in [-0.2, 0) is 6.42 Å². The number of hydrogen-bond donors (Lipinski definition) is 2. The highest BCUT2D eigenvalue weighted by molar-refractivity contribution is 14.0. The predicted octanol–water partition coefficient (Wildman–Crippen LogP) is 2.33. The molecule has 0 spiro atoms. The molecule has 3 aromatic rings. The number of nitrogens with one attached hydrogen (secondary N) is 1. The van der Waals surface area contributed by atoms with Gasteiger partial charge < -0.3 is 20.5 Å². The van der Waals surface area contributed by atoms with Crippen molar-refractivity contribution in [1.82, 2.24) is 14.6 Å². The summed E-state index contributed by atoms with van der Waals surface area (Å²) in [5.41, 5.74) is 7.48. The van der Waals surface area contributed by atoms with Crippen LogP contribution in [-0.4, -0.2) is 41.3 Å². The first-order valence-electron chi connectivity index (χ1n) is 7.79. The summed E-state index contributed by atoms with van der Waals surface area (Å²) in [6.45, 7) is 0.487. The van der Waals surface area contributed by atoms with E-state index in [0.717, 1.165) is 11.5 Å². The fourth-order valence-corrected chi connectivity index (χ4v) is 2.43. The first-order valence-corrected chi connectivity index (χ1v) is 7.79. The molecule has 0 amide bonds. The summed E-state index contributed by atoms with van der Waals surface area (Å²) in [7, 11) is 3.20. The second kappa shape index (κ2) is 9.22. The molecule has 3 N–H and O–H groups in total. The number of aromatic nitrogens is 3. The Morgan fingerprint density at radius 1 is 1.19 bits per heavy atom. The number of guanidine groups is 1. The molecule has 138 valence electrons. The molecule has 0 aliphatic rings. The van der Waals surface area contributed by atoms with Crippen LogP contribution in [0.3, 0.4) is 0 Å². The van der Waals surface area contributed by atoms with Gasteiger partial charge in [0.1, 0.15) is 17.3 Å². The number of nitrogens with two attached hydrogens (primary N) is 1. The summed E-state index contributed by atoms with van der Waals surface area (Å²) in [6.07, 6.45) is 2.56. The van der Waals surface area contributed by atoms with Crippen LogP contribution in [0.15, 0.2) is 47.6 Å². The van der Waals surface area contributed by atoms with Gasteiger partial charge >= 0.3 is 0 Å². The molecule has 3 rings (SSSR count). The number of rotatable bonds is 6. The van der Waals surface area contributed by atoms with Crippen molar-refractivity contribution in [2.24, 2.45) is 10.7 Å². The third-order valence-electron chi connectivity index (χ3n) is 3.67. The predicted molar refractivity (Wildman–Crippen MR) is 112 cm³/mol. The summed E-state index contributed by atoms with van der Waals surface area (Å²) < 4.78 is 12.5. The molecule has 2 aromatic heterocycles. The average Bonchev–Trinajstić information content (AvgIpc) is 3.05. The van der Waals surface area contributed by atoms with E-state index in [9.17, 15) is 0 Å². The Balaban J connectivity index is 0.00000243. The molecule has 8 nitrogen and oxygen atoms in total. The van der Waals surface area contributed by atoms with E-state index in [2.05, 4.69) is 20.5 Å². The molecule has 0 aliphatic heterocycles. The van der Waals surface area contributed by atoms with E-state index in [1.165, 1.54) is 0 Å². The Morgan fingerprint density at radius 2 is 2.04 bits per heavy atom. The zero-order valence-electron chi connectivity index (χ0n) is 14.5. The zero-order chi connectivity index (χ0) is 17.6. The minimum atomic E-state index is 0. The fourth-order valence-electron chi connectivity index (χ4n) is 2.43. The number of ether oxygens (including phenoxy) is 2. The van der Waals surface area contributed by atoms with E-state index < -0.39 is 0 Å². The number of fused-ring (bicyclic) bond motifs is 1. The number of methoxy groups -OCH3 is 2. The molecule has 26 heavy (non-hydrogen) atoms. The highest BCUT2D eigenvalue weighted by atomic mass is 127. The van der Waals surface area contributed by atoms with Crippen molar-refractivity contribution in [3.05, 3.63) is 48.4 Å². The monoisotopic (exact) mass is 468 g/mol. The molecule has 0 saturated heterocycles. The van der Waals surface area contributed by atoms with Crippen LogP contribution in [0.5, 0.6) is 11.5 Å². The van der Waals surface area contributed by atoms with Gasteiger partial charge in [-0.2, -0.15) is 0 Å². The van der Waals surface area contributed by atoms with Gasteiger partial charge in [-0.1, -0.05) is 6.07 Å². The minimum Gasteiger partial charge on any atom is -0.497 e. The van der Waals surface area contributed by atoms with E-state index in [1.54, 1.807) is 26.4 Å². The van der Waals surface area contributed by atoms with Crippen molar-refractivity contribution in [2.75, 3.05) is 26.1 Å². The maximum Gasteiger partial charge on any atom is 0.193 e. The van der Waals surface area contributed by atoms with Crippen LogP contribution in [0.2, 0.25) is 0 Å². The number of anilines is 1. The molecular weight excluding hydrogens is 447 g/mol. The molecule has 0 bridgehead atoms. The van der Waals surface area contributed by atoms with Crippen molar-refractivity contribution in [3.63, 3.8) is 0 Å². The molecule has 0 aliphatic carbocycles. The quantitative estimate of drug-likeness (QED) is 0.328. The minimum absolute atomic E-state index is 0. The van der Waals surface area contributed by atoms with Crippen molar-refractivity contribution in [1.29, 1.82) is 0 Å². The lowest BCUT2D eigenvalue weighted by atomic mass is 10.2. The molecule has 9 heteroatoms. The normalized spacial score (nSPS) is 11.1. The molecule has 0 atom stereocenters. The van der Waals surface area contributed by atoms with Crippen LogP contribution in [0.25, 0.3) is 5.65 Å². The second-order valence-electron chi connectivity index (χ2n) is 5.25. The molecule has 0 unspecified atom stereocenters. The van der Waals surface area contributed by atoms with Crippen LogP contribution in [0, 0.1) is 0 Å². The second-order valence-corrected chi connectivity index (χ2v) is 5.25. The number of pyridine rings is 1. The van der Waals surface area contributed by atoms with Crippen molar-refractivity contribution >= 4 is 41.3 Å². The summed E-state index contributed by atoms with van der Waals surface area (Å²) in [5.74, 6) is 2.49. The Bertz CT molecular complexity index is 896. The van der Waals surface area contributed by atoms with E-state index in [0.29, 0.717) is 36.1 Å². The van der Waals surface area contributed by atoms with Crippen molar-refractivity contribution in [2.45, 2.75) is 6.42 Å². The lowest BCUT2D eigenvalue weighted by Crippen LogP contribution is -2.23. The van der Waals surface area contributed by atoms with Crippen molar-refractivity contribution < 1.29 is 9.47 Å². The van der Waals surface area contributed by atoms with E-state index in [1.807, 2.05) is 34.9 Å². The van der Waals surface area contributed by atoms with Gasteiger partial charge in [-0.05, 0) is 24.3 Å². The molecule has 0 saturated carbocycles. The standard InChI is InChI=1S/C17H20N6O2.HI/c1-24-12-6-7-14(25-2)13(11-12)20-17(18)19-9-8-16-22-21-15-5-3-4-10-23(15)16;/h3-7,10-11H,8-9H2,1-2H3,(H3,18,19,20);1H. The average molecular weight is 468 g/mol. The maximum atomic E-state index is 5.97. The van der Waals surface area contributed by atoms with Gasteiger partial charge in [0.2, 0.25) is 0 Å². The molecule has 2 heterocycles. The highest BCUT2D eigenvalue weighted by Gasteiger charge is 2.07. The number of nitrogens with zero attached hydrogens (tertiary/aromatic N) is 4. The molecule has 1 aromatic carbocycles. The van der Waals surface area contributed by atoms with E-state index >= 15 is 0 Å². The number of benzene rings is 1. The van der Waals surface area contributed by atoms with Gasteiger partial charge in [-0.15, -0.1) is 34.2 Å².